The summed E-state index contributed by atoms with van der Waals surface area (Å²) in [6.07, 6.45) is 2.70. The quantitative estimate of drug-likeness (QED) is 0.693. The molecule has 4 nitrogen and oxygen atoms in total. The monoisotopic (exact) mass is 308 g/mol. The van der Waals surface area contributed by atoms with Crippen LogP contribution in [0.25, 0.3) is 11.4 Å². The van der Waals surface area contributed by atoms with Crippen LogP contribution in [0, 0.1) is 5.82 Å². The first-order valence-corrected chi connectivity index (χ1v) is 7.04. The van der Waals surface area contributed by atoms with Gasteiger partial charge in [-0.2, -0.15) is 0 Å². The lowest BCUT2D eigenvalue weighted by Gasteiger charge is -2.05. The summed E-state index contributed by atoms with van der Waals surface area (Å²) < 4.78 is 18.6. The second-order valence-corrected chi connectivity index (χ2v) is 4.85. The van der Waals surface area contributed by atoms with Crippen LogP contribution in [-0.4, -0.2) is 15.9 Å². The zero-order valence-electron chi connectivity index (χ0n) is 12.1. The van der Waals surface area contributed by atoms with Crippen LogP contribution < -0.4 is 4.74 Å². The predicted molar refractivity (Wildman–Crippen MR) is 83.2 cm³/mol. The fourth-order valence-corrected chi connectivity index (χ4v) is 2.07. The Morgan fingerprint density at radius 2 is 1.61 bits per heavy atom. The van der Waals surface area contributed by atoms with E-state index < -0.39 is 11.8 Å². The second kappa shape index (κ2) is 6.79. The van der Waals surface area contributed by atoms with Gasteiger partial charge in [-0.15, -0.1) is 0 Å². The smallest absolute Gasteiger partial charge is 0.315 e. The number of hydrogen-bond donors (Lipinski definition) is 0. The minimum atomic E-state index is -0.564. The van der Waals surface area contributed by atoms with Gasteiger partial charge >= 0.3 is 5.97 Å². The number of hydrogen-bond acceptors (Lipinski definition) is 4. The molecular formula is C18H13FN2O2. The van der Waals surface area contributed by atoms with E-state index in [1.54, 1.807) is 18.2 Å². The van der Waals surface area contributed by atoms with Crippen molar-refractivity contribution in [3.8, 4) is 17.1 Å². The molecule has 0 atom stereocenters. The third-order valence-electron chi connectivity index (χ3n) is 3.18. The van der Waals surface area contributed by atoms with Gasteiger partial charge in [0.1, 0.15) is 5.82 Å². The molecule has 1 heterocycles. The Labute approximate surface area is 132 Å². The van der Waals surface area contributed by atoms with Gasteiger partial charge in [0.15, 0.2) is 11.6 Å². The standard InChI is InChI=1S/C18H13FN2O2/c19-16-9-5-4-8-14(16)10-17(22)23-15-11-20-18(21-12-15)13-6-2-1-3-7-13/h1-9,11-12H,10H2. The van der Waals surface area contributed by atoms with E-state index >= 15 is 0 Å². The molecule has 3 aromatic rings. The van der Waals surface area contributed by atoms with E-state index in [0.29, 0.717) is 11.4 Å². The summed E-state index contributed by atoms with van der Waals surface area (Å²) in [4.78, 5) is 20.2. The van der Waals surface area contributed by atoms with Gasteiger partial charge < -0.3 is 4.74 Å². The number of ether oxygens (including phenoxy) is 1. The number of rotatable bonds is 4. The minimum Gasteiger partial charge on any atom is -0.423 e. The van der Waals surface area contributed by atoms with E-state index in [9.17, 15) is 9.18 Å². The maximum absolute atomic E-state index is 13.5. The van der Waals surface area contributed by atoms with Gasteiger partial charge in [0.05, 0.1) is 18.8 Å². The summed E-state index contributed by atoms with van der Waals surface area (Å²) in [5, 5.41) is 0. The van der Waals surface area contributed by atoms with Crippen molar-refractivity contribution in [3.05, 3.63) is 78.4 Å². The van der Waals surface area contributed by atoms with Crippen molar-refractivity contribution in [1.82, 2.24) is 9.97 Å². The Bertz CT molecular complexity index is 805. The normalized spacial score (nSPS) is 10.3. The fourth-order valence-electron chi connectivity index (χ4n) is 2.07. The third-order valence-corrected chi connectivity index (χ3v) is 3.18. The highest BCUT2D eigenvalue weighted by molar-refractivity contribution is 5.75. The van der Waals surface area contributed by atoms with Gasteiger partial charge in [0.2, 0.25) is 0 Å². The minimum absolute atomic E-state index is 0.146. The van der Waals surface area contributed by atoms with Gasteiger partial charge in [-0.05, 0) is 11.6 Å². The first-order chi connectivity index (χ1) is 11.2. The maximum atomic E-state index is 13.5. The average molecular weight is 308 g/mol. The predicted octanol–water partition coefficient (Wildman–Crippen LogP) is 3.43. The summed E-state index contributed by atoms with van der Waals surface area (Å²) in [7, 11) is 0. The number of halogens is 1. The molecule has 1 aromatic heterocycles. The third kappa shape index (κ3) is 3.77. The first kappa shape index (κ1) is 14.8. The lowest BCUT2D eigenvalue weighted by molar-refractivity contribution is -0.133. The fraction of sp³-hybridized carbons (Fsp3) is 0.0556. The summed E-state index contributed by atoms with van der Waals surface area (Å²) in [5.41, 5.74) is 1.16. The molecule has 2 aromatic carbocycles. The molecule has 114 valence electrons. The highest BCUT2D eigenvalue weighted by Crippen LogP contribution is 2.16. The Hall–Kier alpha value is -3.08. The van der Waals surface area contributed by atoms with Gasteiger partial charge in [-0.1, -0.05) is 48.5 Å². The van der Waals surface area contributed by atoms with Crippen molar-refractivity contribution in [1.29, 1.82) is 0 Å². The summed E-state index contributed by atoms with van der Waals surface area (Å²) in [6.45, 7) is 0. The van der Waals surface area contributed by atoms with Crippen LogP contribution >= 0.6 is 0 Å². The summed E-state index contributed by atoms with van der Waals surface area (Å²) >= 11 is 0. The lowest BCUT2D eigenvalue weighted by Crippen LogP contribution is -2.12. The molecule has 3 rings (SSSR count). The van der Waals surface area contributed by atoms with Gasteiger partial charge in [-0.25, -0.2) is 14.4 Å². The Morgan fingerprint density at radius 3 is 2.30 bits per heavy atom. The average Bonchev–Trinajstić information content (AvgIpc) is 2.58. The first-order valence-electron chi connectivity index (χ1n) is 7.04. The van der Waals surface area contributed by atoms with Crippen LogP contribution in [0.2, 0.25) is 0 Å². The molecule has 0 saturated carbocycles. The van der Waals surface area contributed by atoms with Crippen molar-refractivity contribution >= 4 is 5.97 Å². The van der Waals surface area contributed by atoms with E-state index in [0.717, 1.165) is 5.56 Å². The van der Waals surface area contributed by atoms with Crippen LogP contribution in [0.4, 0.5) is 4.39 Å². The highest BCUT2D eigenvalue weighted by atomic mass is 19.1. The highest BCUT2D eigenvalue weighted by Gasteiger charge is 2.10. The molecule has 5 heteroatoms. The van der Waals surface area contributed by atoms with Crippen LogP contribution in [0.1, 0.15) is 5.56 Å². The van der Waals surface area contributed by atoms with Crippen molar-refractivity contribution in [2.75, 3.05) is 0 Å². The van der Waals surface area contributed by atoms with Crippen LogP contribution in [-0.2, 0) is 11.2 Å². The van der Waals surface area contributed by atoms with E-state index in [1.807, 2.05) is 30.3 Å². The van der Waals surface area contributed by atoms with Gasteiger partial charge in [0, 0.05) is 5.56 Å². The molecular weight excluding hydrogens is 295 g/mol. The molecule has 0 bridgehead atoms. The lowest BCUT2D eigenvalue weighted by atomic mass is 10.1. The Kier molecular flexibility index (Phi) is 4.38. The largest absolute Gasteiger partial charge is 0.423 e. The molecule has 23 heavy (non-hydrogen) atoms. The molecule has 0 amide bonds. The number of benzene rings is 2. The topological polar surface area (TPSA) is 52.1 Å². The summed E-state index contributed by atoms with van der Waals surface area (Å²) in [6, 6.07) is 15.6. The van der Waals surface area contributed by atoms with Crippen molar-refractivity contribution in [3.63, 3.8) is 0 Å². The Balaban J connectivity index is 1.66. The number of nitrogens with zero attached hydrogens (tertiary/aromatic N) is 2. The van der Waals surface area contributed by atoms with Crippen molar-refractivity contribution in [2.24, 2.45) is 0 Å². The van der Waals surface area contributed by atoms with Crippen LogP contribution in [0.15, 0.2) is 67.0 Å². The zero-order valence-corrected chi connectivity index (χ0v) is 12.1. The second-order valence-electron chi connectivity index (χ2n) is 4.85. The zero-order chi connectivity index (χ0) is 16.1. The summed E-state index contributed by atoms with van der Waals surface area (Å²) in [5.74, 6) is -0.225. The van der Waals surface area contributed by atoms with Crippen LogP contribution in [0.5, 0.6) is 5.75 Å². The van der Waals surface area contributed by atoms with Crippen LogP contribution in [0.3, 0.4) is 0 Å². The van der Waals surface area contributed by atoms with Crippen molar-refractivity contribution < 1.29 is 13.9 Å². The molecule has 0 aliphatic heterocycles. The molecule has 0 spiro atoms. The van der Waals surface area contributed by atoms with E-state index in [1.165, 1.54) is 18.5 Å². The van der Waals surface area contributed by atoms with Gasteiger partial charge in [-0.3, -0.25) is 4.79 Å². The molecule has 0 fully saturated rings. The Morgan fingerprint density at radius 1 is 0.957 bits per heavy atom. The van der Waals surface area contributed by atoms with E-state index in [4.69, 9.17) is 4.74 Å². The number of carbonyl (C=O) groups is 1. The van der Waals surface area contributed by atoms with Gasteiger partial charge in [0.25, 0.3) is 0 Å². The SMILES string of the molecule is O=C(Cc1ccccc1F)Oc1cnc(-c2ccccc2)nc1. The van der Waals surface area contributed by atoms with E-state index in [-0.39, 0.29) is 12.2 Å². The molecule has 0 saturated heterocycles. The molecule has 0 aliphatic rings. The van der Waals surface area contributed by atoms with E-state index in [2.05, 4.69) is 9.97 Å². The number of aromatic nitrogens is 2. The number of carbonyl (C=O) groups excluding carboxylic acids is 1. The molecule has 0 unspecified atom stereocenters. The van der Waals surface area contributed by atoms with Crippen molar-refractivity contribution in [2.45, 2.75) is 6.42 Å². The number of esters is 1. The maximum Gasteiger partial charge on any atom is 0.315 e. The molecule has 0 aliphatic carbocycles. The molecule has 0 N–H and O–H groups in total. The molecule has 0 radical (unpaired) electrons.